The summed E-state index contributed by atoms with van der Waals surface area (Å²) in [7, 11) is 3.05. The SMILES string of the molecule is COC(=O)CN(C)c1ccc([N+](=O)[O-])cc1C. The molecule has 0 aliphatic carbocycles. The molecule has 6 heteroatoms. The molecule has 0 radical (unpaired) electrons. The zero-order valence-corrected chi connectivity index (χ0v) is 9.97. The molecule has 17 heavy (non-hydrogen) atoms. The first-order valence-corrected chi connectivity index (χ1v) is 4.98. The van der Waals surface area contributed by atoms with Crippen molar-refractivity contribution in [3.05, 3.63) is 33.9 Å². The number of nitro benzene ring substituents is 1. The van der Waals surface area contributed by atoms with Gasteiger partial charge in [-0.2, -0.15) is 0 Å². The lowest BCUT2D eigenvalue weighted by Gasteiger charge is -2.19. The maximum atomic E-state index is 11.1. The topological polar surface area (TPSA) is 72.7 Å². The van der Waals surface area contributed by atoms with Crippen LogP contribution in [-0.2, 0) is 9.53 Å². The Morgan fingerprint density at radius 2 is 2.18 bits per heavy atom. The molecule has 0 saturated heterocycles. The number of rotatable bonds is 4. The maximum Gasteiger partial charge on any atom is 0.325 e. The molecule has 1 aromatic carbocycles. The molecule has 0 unspecified atom stereocenters. The second-order valence-corrected chi connectivity index (χ2v) is 3.66. The molecule has 92 valence electrons. The van der Waals surface area contributed by atoms with Crippen LogP contribution in [0.5, 0.6) is 0 Å². The smallest absolute Gasteiger partial charge is 0.325 e. The average Bonchev–Trinajstić information content (AvgIpc) is 2.28. The van der Waals surface area contributed by atoms with E-state index in [1.165, 1.54) is 19.2 Å². The molecule has 0 aliphatic rings. The van der Waals surface area contributed by atoms with E-state index in [1.54, 1.807) is 24.9 Å². The minimum atomic E-state index is -0.447. The van der Waals surface area contributed by atoms with E-state index in [-0.39, 0.29) is 18.2 Å². The fourth-order valence-electron chi connectivity index (χ4n) is 1.52. The lowest BCUT2D eigenvalue weighted by molar-refractivity contribution is -0.384. The van der Waals surface area contributed by atoms with Crippen LogP contribution in [0.4, 0.5) is 11.4 Å². The van der Waals surface area contributed by atoms with Crippen LogP contribution in [0.25, 0.3) is 0 Å². The van der Waals surface area contributed by atoms with Gasteiger partial charge in [-0.1, -0.05) is 0 Å². The molecule has 1 rings (SSSR count). The van der Waals surface area contributed by atoms with E-state index < -0.39 is 4.92 Å². The lowest BCUT2D eigenvalue weighted by Crippen LogP contribution is -2.26. The third kappa shape index (κ3) is 3.17. The molecule has 0 aliphatic heterocycles. The van der Waals surface area contributed by atoms with Gasteiger partial charge in [-0.05, 0) is 18.6 Å². The van der Waals surface area contributed by atoms with Gasteiger partial charge in [0.2, 0.25) is 0 Å². The summed E-state index contributed by atoms with van der Waals surface area (Å²) < 4.78 is 4.56. The minimum Gasteiger partial charge on any atom is -0.468 e. The molecule has 0 bridgehead atoms. The molecule has 0 spiro atoms. The van der Waals surface area contributed by atoms with Gasteiger partial charge >= 0.3 is 5.97 Å². The number of non-ortho nitro benzene ring substituents is 1. The molecule has 0 heterocycles. The molecule has 1 aromatic rings. The Bertz CT molecular complexity index is 445. The molecule has 0 fully saturated rings. The summed E-state index contributed by atoms with van der Waals surface area (Å²) in [5, 5.41) is 10.6. The van der Waals surface area contributed by atoms with Gasteiger partial charge in [0.05, 0.1) is 12.0 Å². The van der Waals surface area contributed by atoms with Gasteiger partial charge in [0.25, 0.3) is 5.69 Å². The van der Waals surface area contributed by atoms with Crippen molar-refractivity contribution in [2.75, 3.05) is 25.6 Å². The number of likely N-dealkylation sites (N-methyl/N-ethyl adjacent to an activating group) is 1. The van der Waals surface area contributed by atoms with Crippen LogP contribution in [0.15, 0.2) is 18.2 Å². The Labute approximate surface area is 98.9 Å². The van der Waals surface area contributed by atoms with Crippen molar-refractivity contribution in [2.45, 2.75) is 6.92 Å². The van der Waals surface area contributed by atoms with Crippen LogP contribution >= 0.6 is 0 Å². The van der Waals surface area contributed by atoms with E-state index in [4.69, 9.17) is 0 Å². The highest BCUT2D eigenvalue weighted by atomic mass is 16.6. The van der Waals surface area contributed by atoms with Crippen LogP contribution in [0, 0.1) is 17.0 Å². The highest BCUT2D eigenvalue weighted by molar-refractivity contribution is 5.76. The fourth-order valence-corrected chi connectivity index (χ4v) is 1.52. The molecule has 0 saturated carbocycles. The summed E-state index contributed by atoms with van der Waals surface area (Å²) in [6.45, 7) is 1.87. The number of carbonyl (C=O) groups excluding carboxylic acids is 1. The van der Waals surface area contributed by atoms with Crippen LogP contribution in [-0.4, -0.2) is 31.6 Å². The van der Waals surface area contributed by atoms with Crippen molar-refractivity contribution in [1.82, 2.24) is 0 Å². The predicted octanol–water partition coefficient (Wildman–Crippen LogP) is 1.51. The van der Waals surface area contributed by atoms with E-state index in [9.17, 15) is 14.9 Å². The highest BCUT2D eigenvalue weighted by Crippen LogP contribution is 2.23. The Morgan fingerprint density at radius 3 is 2.65 bits per heavy atom. The van der Waals surface area contributed by atoms with Crippen LogP contribution in [0.2, 0.25) is 0 Å². The minimum absolute atomic E-state index is 0.0396. The van der Waals surface area contributed by atoms with Crippen LogP contribution < -0.4 is 4.90 Å². The molecular weight excluding hydrogens is 224 g/mol. The van der Waals surface area contributed by atoms with Gasteiger partial charge in [0, 0.05) is 24.9 Å². The largest absolute Gasteiger partial charge is 0.468 e. The van der Waals surface area contributed by atoms with Crippen molar-refractivity contribution in [1.29, 1.82) is 0 Å². The quantitative estimate of drug-likeness (QED) is 0.451. The highest BCUT2D eigenvalue weighted by Gasteiger charge is 2.13. The maximum absolute atomic E-state index is 11.1. The van der Waals surface area contributed by atoms with Crippen LogP contribution in [0.3, 0.4) is 0 Å². The summed E-state index contributed by atoms with van der Waals surface area (Å²) in [6, 6.07) is 4.51. The molecule has 0 atom stereocenters. The van der Waals surface area contributed by atoms with Crippen molar-refractivity contribution in [3.8, 4) is 0 Å². The second-order valence-electron chi connectivity index (χ2n) is 3.66. The summed E-state index contributed by atoms with van der Waals surface area (Å²) in [5.74, 6) is -0.356. The third-order valence-electron chi connectivity index (χ3n) is 2.40. The monoisotopic (exact) mass is 238 g/mol. The zero-order valence-electron chi connectivity index (χ0n) is 9.97. The fraction of sp³-hybridized carbons (Fsp3) is 0.364. The number of aryl methyl sites for hydroxylation is 1. The number of benzene rings is 1. The van der Waals surface area contributed by atoms with Gasteiger partial charge in [0.1, 0.15) is 6.54 Å². The first-order chi connectivity index (χ1) is 7.95. The summed E-state index contributed by atoms with van der Waals surface area (Å²) >= 11 is 0. The zero-order chi connectivity index (χ0) is 13.0. The number of hydrogen-bond acceptors (Lipinski definition) is 5. The van der Waals surface area contributed by atoms with E-state index >= 15 is 0 Å². The first-order valence-electron chi connectivity index (χ1n) is 4.98. The molecular formula is C11H14N2O4. The van der Waals surface area contributed by atoms with Gasteiger partial charge in [-0.25, -0.2) is 0 Å². The number of esters is 1. The summed E-state index contributed by atoms with van der Waals surface area (Å²) in [4.78, 5) is 22.9. The standard InChI is InChI=1S/C11H14N2O4/c1-8-6-9(13(15)16)4-5-10(8)12(2)7-11(14)17-3/h4-6H,7H2,1-3H3. The van der Waals surface area contributed by atoms with Gasteiger partial charge in [-0.3, -0.25) is 14.9 Å². The van der Waals surface area contributed by atoms with Crippen molar-refractivity contribution in [2.24, 2.45) is 0 Å². The van der Waals surface area contributed by atoms with Crippen molar-refractivity contribution < 1.29 is 14.5 Å². The Balaban J connectivity index is 2.92. The van der Waals surface area contributed by atoms with Gasteiger partial charge in [-0.15, -0.1) is 0 Å². The summed E-state index contributed by atoms with van der Waals surface area (Å²) in [6.07, 6.45) is 0. The Morgan fingerprint density at radius 1 is 1.53 bits per heavy atom. The Hall–Kier alpha value is -2.11. The first kappa shape index (κ1) is 13.0. The molecule has 0 N–H and O–H groups in total. The number of nitrogens with zero attached hydrogens (tertiary/aromatic N) is 2. The van der Waals surface area contributed by atoms with Gasteiger partial charge < -0.3 is 9.64 Å². The number of carbonyl (C=O) groups is 1. The normalized spacial score (nSPS) is 9.82. The number of ether oxygens (including phenoxy) is 1. The van der Waals surface area contributed by atoms with E-state index in [1.807, 2.05) is 0 Å². The second kappa shape index (κ2) is 5.29. The number of anilines is 1. The van der Waals surface area contributed by atoms with Crippen molar-refractivity contribution >= 4 is 17.3 Å². The van der Waals surface area contributed by atoms with Crippen LogP contribution in [0.1, 0.15) is 5.56 Å². The molecule has 0 aromatic heterocycles. The molecule has 0 amide bonds. The third-order valence-corrected chi connectivity index (χ3v) is 2.40. The number of hydrogen-bond donors (Lipinski definition) is 0. The average molecular weight is 238 g/mol. The lowest BCUT2D eigenvalue weighted by atomic mass is 10.1. The predicted molar refractivity (Wildman–Crippen MR) is 63.1 cm³/mol. The van der Waals surface area contributed by atoms with E-state index in [0.717, 1.165) is 11.3 Å². The number of nitro groups is 1. The van der Waals surface area contributed by atoms with E-state index in [2.05, 4.69) is 4.74 Å². The van der Waals surface area contributed by atoms with E-state index in [0.29, 0.717) is 0 Å². The number of methoxy groups -OCH3 is 1. The molecule has 6 nitrogen and oxygen atoms in total. The van der Waals surface area contributed by atoms with Crippen molar-refractivity contribution in [3.63, 3.8) is 0 Å². The Kier molecular flexibility index (Phi) is 4.03. The van der Waals surface area contributed by atoms with Gasteiger partial charge in [0.15, 0.2) is 0 Å². The summed E-state index contributed by atoms with van der Waals surface area (Å²) in [5.41, 5.74) is 1.55.